The van der Waals surface area contributed by atoms with E-state index in [-0.39, 0.29) is 12.0 Å². The molecule has 136 valence electrons. The van der Waals surface area contributed by atoms with Crippen LogP contribution in [0.3, 0.4) is 0 Å². The van der Waals surface area contributed by atoms with E-state index in [1.165, 1.54) is 18.2 Å². The smallest absolute Gasteiger partial charge is 0.337 e. The first-order valence-corrected chi connectivity index (χ1v) is 8.94. The van der Waals surface area contributed by atoms with Crippen molar-refractivity contribution in [3.8, 4) is 5.75 Å². The molecule has 0 aromatic heterocycles. The van der Waals surface area contributed by atoms with Crippen LogP contribution in [0.25, 0.3) is 0 Å². The van der Waals surface area contributed by atoms with Crippen molar-refractivity contribution < 1.29 is 14.3 Å². The van der Waals surface area contributed by atoms with Crippen LogP contribution in [0.5, 0.6) is 5.75 Å². The van der Waals surface area contributed by atoms with E-state index in [0.29, 0.717) is 10.7 Å². The summed E-state index contributed by atoms with van der Waals surface area (Å²) < 4.78 is 10.1. The highest BCUT2D eigenvalue weighted by molar-refractivity contribution is 7.80. The summed E-state index contributed by atoms with van der Waals surface area (Å²) in [5.41, 5.74) is 3.78. The Labute approximate surface area is 158 Å². The maximum atomic E-state index is 11.6. The van der Waals surface area contributed by atoms with Gasteiger partial charge in [-0.25, -0.2) is 4.79 Å². The molecule has 0 fully saturated rings. The van der Waals surface area contributed by atoms with E-state index < -0.39 is 0 Å². The maximum Gasteiger partial charge on any atom is 0.337 e. The van der Waals surface area contributed by atoms with Crippen molar-refractivity contribution in [1.82, 2.24) is 5.32 Å². The van der Waals surface area contributed by atoms with E-state index in [1.54, 1.807) is 25.3 Å². The first kappa shape index (κ1) is 18.2. The fraction of sp³-hybridized carbons (Fsp3) is 0.300. The van der Waals surface area contributed by atoms with Gasteiger partial charge in [0, 0.05) is 5.69 Å². The number of aryl methyl sites for hydroxylation is 1. The number of hydrogen-bond acceptors (Lipinski definition) is 4. The van der Waals surface area contributed by atoms with Gasteiger partial charge in [0.25, 0.3) is 0 Å². The Morgan fingerprint density at radius 2 is 2.04 bits per heavy atom. The van der Waals surface area contributed by atoms with Crippen LogP contribution in [-0.2, 0) is 11.2 Å². The number of thiocarbonyl (C=S) groups is 1. The summed E-state index contributed by atoms with van der Waals surface area (Å²) in [6.45, 7) is 0. The highest BCUT2D eigenvalue weighted by Gasteiger charge is 2.21. The molecule has 0 amide bonds. The second-order valence-corrected chi connectivity index (χ2v) is 6.59. The monoisotopic (exact) mass is 370 g/mol. The van der Waals surface area contributed by atoms with Gasteiger partial charge in [-0.3, -0.25) is 0 Å². The van der Waals surface area contributed by atoms with Crippen molar-refractivity contribution in [2.45, 2.75) is 25.3 Å². The first-order valence-electron chi connectivity index (χ1n) is 8.53. The van der Waals surface area contributed by atoms with Gasteiger partial charge in [-0.2, -0.15) is 0 Å². The van der Waals surface area contributed by atoms with E-state index in [4.69, 9.17) is 21.7 Å². The third-order valence-corrected chi connectivity index (χ3v) is 4.73. The summed E-state index contributed by atoms with van der Waals surface area (Å²) >= 11 is 5.47. The van der Waals surface area contributed by atoms with Gasteiger partial charge in [0.05, 0.1) is 25.8 Å². The number of anilines is 1. The predicted molar refractivity (Wildman–Crippen MR) is 106 cm³/mol. The summed E-state index contributed by atoms with van der Waals surface area (Å²) in [6.07, 6.45) is 3.16. The van der Waals surface area contributed by atoms with Gasteiger partial charge in [-0.05, 0) is 72.9 Å². The van der Waals surface area contributed by atoms with Crippen LogP contribution in [-0.4, -0.2) is 25.3 Å². The molecule has 0 bridgehead atoms. The number of hydrogen-bond donors (Lipinski definition) is 2. The van der Waals surface area contributed by atoms with Crippen LogP contribution < -0.4 is 15.4 Å². The van der Waals surface area contributed by atoms with Crippen molar-refractivity contribution >= 4 is 29.0 Å². The number of ether oxygens (including phenoxy) is 2. The lowest BCUT2D eigenvalue weighted by molar-refractivity contribution is 0.0601. The molecule has 6 heteroatoms. The van der Waals surface area contributed by atoms with Crippen molar-refractivity contribution in [3.05, 3.63) is 59.2 Å². The second kappa shape index (κ2) is 8.19. The highest BCUT2D eigenvalue weighted by atomic mass is 32.1. The third-order valence-electron chi connectivity index (χ3n) is 4.51. The molecule has 0 spiro atoms. The van der Waals surface area contributed by atoms with E-state index >= 15 is 0 Å². The van der Waals surface area contributed by atoms with Gasteiger partial charge in [-0.15, -0.1) is 0 Å². The number of rotatable bonds is 4. The summed E-state index contributed by atoms with van der Waals surface area (Å²) in [5.74, 6) is 0.507. The van der Waals surface area contributed by atoms with Gasteiger partial charge in [0.2, 0.25) is 0 Å². The van der Waals surface area contributed by atoms with Crippen LogP contribution >= 0.6 is 12.2 Å². The van der Waals surface area contributed by atoms with Gasteiger partial charge >= 0.3 is 5.97 Å². The Bertz CT molecular complexity index is 822. The molecular formula is C20H22N2O3S. The molecule has 0 heterocycles. The molecular weight excluding hydrogens is 348 g/mol. The lowest BCUT2D eigenvalue weighted by atomic mass is 9.87. The molecule has 5 nitrogen and oxygen atoms in total. The molecule has 0 saturated heterocycles. The van der Waals surface area contributed by atoms with E-state index in [2.05, 4.69) is 22.8 Å². The lowest BCUT2D eigenvalue weighted by Gasteiger charge is -2.28. The Kier molecular flexibility index (Phi) is 5.73. The molecule has 2 aromatic carbocycles. The molecule has 1 unspecified atom stereocenters. The molecule has 2 N–H and O–H groups in total. The average Bonchev–Trinajstić information content (AvgIpc) is 2.67. The SMILES string of the molecule is COC(=O)c1cccc(NC(=S)NC2CCCc3cc(OC)ccc32)c1. The maximum absolute atomic E-state index is 11.6. The van der Waals surface area contributed by atoms with Crippen LogP contribution in [0.1, 0.15) is 40.4 Å². The Morgan fingerprint density at radius 3 is 2.81 bits per heavy atom. The molecule has 1 aliphatic rings. The summed E-state index contributed by atoms with van der Waals surface area (Å²) in [4.78, 5) is 11.6. The topological polar surface area (TPSA) is 59.6 Å². The molecule has 26 heavy (non-hydrogen) atoms. The Morgan fingerprint density at radius 1 is 1.19 bits per heavy atom. The quantitative estimate of drug-likeness (QED) is 0.630. The van der Waals surface area contributed by atoms with Crippen molar-refractivity contribution in [2.75, 3.05) is 19.5 Å². The van der Waals surface area contributed by atoms with Crippen molar-refractivity contribution in [1.29, 1.82) is 0 Å². The molecule has 0 aliphatic heterocycles. The summed E-state index contributed by atoms with van der Waals surface area (Å²) in [7, 11) is 3.05. The zero-order chi connectivity index (χ0) is 18.5. The zero-order valence-corrected chi connectivity index (χ0v) is 15.7. The Balaban J connectivity index is 1.69. The number of fused-ring (bicyclic) bond motifs is 1. The van der Waals surface area contributed by atoms with Crippen LogP contribution in [0, 0.1) is 0 Å². The average molecular weight is 370 g/mol. The summed E-state index contributed by atoms with van der Waals surface area (Å²) in [6, 6.07) is 13.4. The van der Waals surface area contributed by atoms with Crippen LogP contribution in [0.15, 0.2) is 42.5 Å². The number of carbonyl (C=O) groups is 1. The number of methoxy groups -OCH3 is 2. The minimum Gasteiger partial charge on any atom is -0.497 e. The minimum atomic E-state index is -0.373. The van der Waals surface area contributed by atoms with E-state index in [1.807, 2.05) is 12.1 Å². The van der Waals surface area contributed by atoms with E-state index in [9.17, 15) is 4.79 Å². The fourth-order valence-electron chi connectivity index (χ4n) is 3.23. The zero-order valence-electron chi connectivity index (χ0n) is 14.9. The molecule has 1 atom stereocenters. The highest BCUT2D eigenvalue weighted by Crippen LogP contribution is 2.32. The molecule has 3 rings (SSSR count). The second-order valence-electron chi connectivity index (χ2n) is 6.18. The van der Waals surface area contributed by atoms with Crippen LogP contribution in [0.2, 0.25) is 0 Å². The minimum absolute atomic E-state index is 0.161. The van der Waals surface area contributed by atoms with Crippen molar-refractivity contribution in [3.63, 3.8) is 0 Å². The number of nitrogens with one attached hydrogen (secondary N) is 2. The number of carbonyl (C=O) groups excluding carboxylic acids is 1. The third kappa shape index (κ3) is 4.14. The molecule has 0 radical (unpaired) electrons. The van der Waals surface area contributed by atoms with Crippen molar-refractivity contribution in [2.24, 2.45) is 0 Å². The van der Waals surface area contributed by atoms with Gasteiger partial charge in [0.15, 0.2) is 5.11 Å². The molecule has 2 aromatic rings. The molecule has 1 aliphatic carbocycles. The van der Waals surface area contributed by atoms with E-state index in [0.717, 1.165) is 30.7 Å². The Hall–Kier alpha value is -2.60. The predicted octanol–water partition coefficient (Wildman–Crippen LogP) is 3.85. The first-order chi connectivity index (χ1) is 12.6. The fourth-order valence-corrected chi connectivity index (χ4v) is 3.49. The van der Waals surface area contributed by atoms with Gasteiger partial charge in [0.1, 0.15) is 5.75 Å². The summed E-state index contributed by atoms with van der Waals surface area (Å²) in [5, 5.41) is 7.07. The van der Waals surface area contributed by atoms with Crippen LogP contribution in [0.4, 0.5) is 5.69 Å². The number of esters is 1. The normalized spacial score (nSPS) is 15.5. The van der Waals surface area contributed by atoms with Gasteiger partial charge < -0.3 is 20.1 Å². The lowest BCUT2D eigenvalue weighted by Crippen LogP contribution is -2.34. The largest absolute Gasteiger partial charge is 0.497 e. The molecule has 0 saturated carbocycles. The standard InChI is InChI=1S/C20H22N2O3S/c1-24-16-9-10-17-13(12-16)5-4-8-18(17)22-20(26)21-15-7-3-6-14(11-15)19(23)25-2/h3,6-7,9-12,18H,4-5,8H2,1-2H3,(H2,21,22,26). The number of benzene rings is 2. The van der Waals surface area contributed by atoms with Gasteiger partial charge in [-0.1, -0.05) is 12.1 Å².